The molecule has 0 unspecified atom stereocenters. The Morgan fingerprint density at radius 1 is 0.929 bits per heavy atom. The van der Waals surface area contributed by atoms with Crippen LogP contribution in [0.3, 0.4) is 0 Å². The Labute approximate surface area is 162 Å². The van der Waals surface area contributed by atoms with E-state index in [1.54, 1.807) is 12.1 Å². The fraction of sp³-hybridized carbons (Fsp3) is 0.217. The lowest BCUT2D eigenvalue weighted by Crippen LogP contribution is -2.00. The molecule has 2 aromatic rings. The molecule has 0 N–H and O–H groups in total. The summed E-state index contributed by atoms with van der Waals surface area (Å²) in [6.45, 7) is 4.69. The van der Waals surface area contributed by atoms with Crippen molar-refractivity contribution in [1.29, 1.82) is 0 Å². The summed E-state index contributed by atoms with van der Waals surface area (Å²) in [5.41, 5.74) is 0.900. The first-order valence-electron chi connectivity index (χ1n) is 8.66. The smallest absolute Gasteiger partial charge is 0.196 e. The highest BCUT2D eigenvalue weighted by Gasteiger charge is 2.21. The van der Waals surface area contributed by atoms with Gasteiger partial charge in [-0.3, -0.25) is 0 Å². The van der Waals surface area contributed by atoms with Gasteiger partial charge in [0, 0.05) is 16.7 Å². The van der Waals surface area contributed by atoms with Crippen LogP contribution in [-0.2, 0) is 4.74 Å². The van der Waals surface area contributed by atoms with Crippen molar-refractivity contribution in [3.05, 3.63) is 87.7 Å². The molecule has 0 aliphatic carbocycles. The summed E-state index contributed by atoms with van der Waals surface area (Å²) in [6, 6.07) is 9.70. The van der Waals surface area contributed by atoms with E-state index in [0.717, 1.165) is 5.56 Å². The van der Waals surface area contributed by atoms with Crippen molar-refractivity contribution in [3.63, 3.8) is 0 Å². The van der Waals surface area contributed by atoms with E-state index in [2.05, 4.69) is 16.6 Å². The Morgan fingerprint density at radius 2 is 1.57 bits per heavy atom. The van der Waals surface area contributed by atoms with Crippen LogP contribution in [0, 0.1) is 30.4 Å². The van der Waals surface area contributed by atoms with Gasteiger partial charge in [-0.25, -0.2) is 17.6 Å². The molecule has 0 saturated heterocycles. The number of methoxy groups -OCH3 is 1. The van der Waals surface area contributed by atoms with Gasteiger partial charge in [0.2, 0.25) is 0 Å². The quantitative estimate of drug-likeness (QED) is 0.248. The summed E-state index contributed by atoms with van der Waals surface area (Å²) in [6.07, 6.45) is -0.0407. The van der Waals surface area contributed by atoms with E-state index < -0.39 is 23.3 Å². The van der Waals surface area contributed by atoms with Crippen LogP contribution in [-0.4, -0.2) is 7.11 Å². The van der Waals surface area contributed by atoms with Crippen molar-refractivity contribution in [1.82, 2.24) is 0 Å². The topological polar surface area (TPSA) is 9.23 Å². The van der Waals surface area contributed by atoms with E-state index in [0.29, 0.717) is 5.56 Å². The van der Waals surface area contributed by atoms with Crippen molar-refractivity contribution in [3.8, 4) is 11.8 Å². The predicted octanol–water partition coefficient (Wildman–Crippen LogP) is 6.61. The fourth-order valence-electron chi connectivity index (χ4n) is 2.50. The predicted molar refractivity (Wildman–Crippen MR) is 103 cm³/mol. The third kappa shape index (κ3) is 4.64. The summed E-state index contributed by atoms with van der Waals surface area (Å²) in [5.74, 6) is 0.0391. The molecule has 0 fully saturated rings. The first-order chi connectivity index (χ1) is 13.3. The van der Waals surface area contributed by atoms with Gasteiger partial charge in [0.25, 0.3) is 0 Å². The second-order valence-corrected chi connectivity index (χ2v) is 6.13. The minimum atomic E-state index is -1.28. The molecule has 5 heteroatoms. The highest BCUT2D eigenvalue weighted by molar-refractivity contribution is 5.71. The third-order valence-corrected chi connectivity index (χ3v) is 4.23. The van der Waals surface area contributed by atoms with Crippen LogP contribution in [0.25, 0.3) is 5.57 Å². The molecule has 2 aromatic carbocycles. The normalized spacial score (nSPS) is 12.6. The van der Waals surface area contributed by atoms with Crippen LogP contribution in [0.4, 0.5) is 17.6 Å². The van der Waals surface area contributed by atoms with Crippen LogP contribution >= 0.6 is 0 Å². The molecule has 0 aromatic heterocycles. The summed E-state index contributed by atoms with van der Waals surface area (Å²) in [5, 5.41) is 0. The molecule has 146 valence electrons. The molecule has 2 rings (SSSR count). The minimum absolute atomic E-state index is 0.0407. The molecule has 0 heterocycles. The zero-order valence-corrected chi connectivity index (χ0v) is 16.1. The van der Waals surface area contributed by atoms with Crippen LogP contribution in [0.1, 0.15) is 42.5 Å². The zero-order valence-electron chi connectivity index (χ0n) is 16.1. The first kappa shape index (κ1) is 21.3. The third-order valence-electron chi connectivity index (χ3n) is 4.23. The standard InChI is InChI=1S/C23H20F4O/c1-5-18(22(26)20(24)15(3)28-4)19-13-12-17(21(25)23(19)27)11-10-16-8-6-14(2)7-9-16/h6-9,12-13H,5H2,1-4H3/b20-15-,22-18-. The first-order valence-corrected chi connectivity index (χ1v) is 8.66. The summed E-state index contributed by atoms with van der Waals surface area (Å²) >= 11 is 0. The van der Waals surface area contributed by atoms with E-state index in [1.165, 1.54) is 33.1 Å². The van der Waals surface area contributed by atoms with Gasteiger partial charge in [0.05, 0.1) is 12.7 Å². The van der Waals surface area contributed by atoms with Crippen LogP contribution in [0.15, 0.2) is 53.8 Å². The number of halogens is 4. The second-order valence-electron chi connectivity index (χ2n) is 6.13. The van der Waals surface area contributed by atoms with Crippen molar-refractivity contribution in [2.24, 2.45) is 0 Å². The number of hydrogen-bond acceptors (Lipinski definition) is 1. The lowest BCUT2D eigenvalue weighted by atomic mass is 9.99. The Morgan fingerprint density at radius 3 is 2.14 bits per heavy atom. The van der Waals surface area contributed by atoms with Crippen molar-refractivity contribution >= 4 is 5.57 Å². The molecule has 0 bridgehead atoms. The van der Waals surface area contributed by atoms with E-state index in [1.807, 2.05) is 19.1 Å². The largest absolute Gasteiger partial charge is 0.498 e. The molecule has 28 heavy (non-hydrogen) atoms. The van der Waals surface area contributed by atoms with E-state index in [4.69, 9.17) is 0 Å². The minimum Gasteiger partial charge on any atom is -0.498 e. The molecule has 0 aliphatic heterocycles. The van der Waals surface area contributed by atoms with Gasteiger partial charge in [0.15, 0.2) is 23.3 Å². The molecule has 0 spiro atoms. The molecule has 0 atom stereocenters. The van der Waals surface area contributed by atoms with Crippen molar-refractivity contribution in [2.75, 3.05) is 7.11 Å². The zero-order chi connectivity index (χ0) is 20.8. The maximum atomic E-state index is 14.6. The Bertz CT molecular complexity index is 990. The molecule has 1 nitrogen and oxygen atoms in total. The molecule has 0 amide bonds. The summed E-state index contributed by atoms with van der Waals surface area (Å²) in [7, 11) is 1.19. The number of rotatable bonds is 4. The number of allylic oxidation sites excluding steroid dienone is 4. The van der Waals surface area contributed by atoms with E-state index in [9.17, 15) is 17.6 Å². The average Bonchev–Trinajstić information content (AvgIpc) is 2.70. The van der Waals surface area contributed by atoms with Crippen LogP contribution < -0.4 is 0 Å². The van der Waals surface area contributed by atoms with Gasteiger partial charge in [-0.15, -0.1) is 0 Å². The van der Waals surface area contributed by atoms with Crippen molar-refractivity contribution < 1.29 is 22.3 Å². The van der Waals surface area contributed by atoms with Gasteiger partial charge in [-0.2, -0.15) is 0 Å². The monoisotopic (exact) mass is 388 g/mol. The number of hydrogen-bond donors (Lipinski definition) is 0. The molecule has 0 saturated carbocycles. The number of ether oxygens (including phenoxy) is 1. The number of aryl methyl sites for hydroxylation is 1. The highest BCUT2D eigenvalue weighted by Crippen LogP contribution is 2.32. The summed E-state index contributed by atoms with van der Waals surface area (Å²) < 4.78 is 62.2. The maximum Gasteiger partial charge on any atom is 0.196 e. The van der Waals surface area contributed by atoms with Gasteiger partial charge in [-0.05, 0) is 38.5 Å². The Hall–Kier alpha value is -3.00. The average molecular weight is 388 g/mol. The van der Waals surface area contributed by atoms with Crippen LogP contribution in [0.2, 0.25) is 0 Å². The highest BCUT2D eigenvalue weighted by atomic mass is 19.2. The maximum absolute atomic E-state index is 14.6. The van der Waals surface area contributed by atoms with Gasteiger partial charge < -0.3 is 4.74 Å². The van der Waals surface area contributed by atoms with E-state index >= 15 is 0 Å². The Kier molecular flexibility index (Phi) is 7.06. The molecular formula is C23H20F4O. The molecular weight excluding hydrogens is 368 g/mol. The van der Waals surface area contributed by atoms with Gasteiger partial charge in [0.1, 0.15) is 5.76 Å². The van der Waals surface area contributed by atoms with Gasteiger partial charge in [-0.1, -0.05) is 42.5 Å². The number of benzene rings is 2. The summed E-state index contributed by atoms with van der Waals surface area (Å²) in [4.78, 5) is 0. The lowest BCUT2D eigenvalue weighted by Gasteiger charge is -2.11. The second kappa shape index (κ2) is 9.27. The Balaban J connectivity index is 2.50. The SMILES string of the molecule is CC/C(=C(F)\C(F)=C(/C)OC)c1ccc(C#Cc2ccc(C)cc2)c(F)c1F. The fourth-order valence-corrected chi connectivity index (χ4v) is 2.50. The van der Waals surface area contributed by atoms with Crippen molar-refractivity contribution in [2.45, 2.75) is 27.2 Å². The van der Waals surface area contributed by atoms with Crippen LogP contribution in [0.5, 0.6) is 0 Å². The van der Waals surface area contributed by atoms with Gasteiger partial charge >= 0.3 is 0 Å². The van der Waals surface area contributed by atoms with E-state index in [-0.39, 0.29) is 28.9 Å². The lowest BCUT2D eigenvalue weighted by molar-refractivity contribution is 0.275. The molecule has 0 aliphatic rings. The molecule has 0 radical (unpaired) electrons.